The van der Waals surface area contributed by atoms with Gasteiger partial charge < -0.3 is 15.4 Å². The van der Waals surface area contributed by atoms with Gasteiger partial charge in [0, 0.05) is 10.6 Å². The lowest BCUT2D eigenvalue weighted by molar-refractivity contribution is 0.0601. The molecule has 0 spiro atoms. The molecule has 2 rings (SSSR count). The molecule has 0 aliphatic heterocycles. The minimum atomic E-state index is -3.74. The Morgan fingerprint density at radius 2 is 1.80 bits per heavy atom. The smallest absolute Gasteiger partial charge is 0.341 e. The lowest BCUT2D eigenvalue weighted by Gasteiger charge is -2.11. The molecule has 2 aromatic rings. The van der Waals surface area contributed by atoms with Crippen LogP contribution >= 0.6 is 23.6 Å². The van der Waals surface area contributed by atoms with Gasteiger partial charge in [-0.15, -0.1) is 11.3 Å². The molecule has 7 nitrogen and oxygen atoms in total. The van der Waals surface area contributed by atoms with E-state index in [4.69, 9.17) is 22.1 Å². The van der Waals surface area contributed by atoms with Gasteiger partial charge in [0.05, 0.1) is 17.6 Å². The predicted octanol–water partition coefficient (Wildman–Crippen LogP) is 2.61. The summed E-state index contributed by atoms with van der Waals surface area (Å²) >= 11 is 6.64. The van der Waals surface area contributed by atoms with Crippen LogP contribution in [-0.4, -0.2) is 26.6 Å². The fourth-order valence-electron chi connectivity index (χ4n) is 2.06. The number of thiophene rings is 1. The molecule has 0 saturated heterocycles. The number of rotatable bonds is 4. The molecule has 0 bridgehead atoms. The van der Waals surface area contributed by atoms with Gasteiger partial charge in [0.15, 0.2) is 5.11 Å². The Morgan fingerprint density at radius 3 is 2.32 bits per heavy atom. The molecule has 0 aliphatic rings. The van der Waals surface area contributed by atoms with Gasteiger partial charge >= 0.3 is 5.97 Å². The number of sulfonamides is 1. The van der Waals surface area contributed by atoms with Crippen molar-refractivity contribution in [3.05, 3.63) is 40.3 Å². The monoisotopic (exact) mass is 399 g/mol. The SMILES string of the molecule is COC(=O)c1c(NC(=S)Nc2ccc(S(N)(=O)=O)cc2)sc(C)c1C. The number of hydrogen-bond donors (Lipinski definition) is 3. The van der Waals surface area contributed by atoms with E-state index in [1.807, 2.05) is 13.8 Å². The number of carbonyl (C=O) groups is 1. The highest BCUT2D eigenvalue weighted by Crippen LogP contribution is 2.33. The average molecular weight is 400 g/mol. The zero-order valence-electron chi connectivity index (χ0n) is 13.7. The maximum absolute atomic E-state index is 12.0. The second kappa shape index (κ2) is 7.48. The summed E-state index contributed by atoms with van der Waals surface area (Å²) in [5.41, 5.74) is 1.85. The van der Waals surface area contributed by atoms with Gasteiger partial charge in [-0.25, -0.2) is 18.4 Å². The van der Waals surface area contributed by atoms with Gasteiger partial charge in [0.1, 0.15) is 5.00 Å². The molecular weight excluding hydrogens is 382 g/mol. The standard InChI is InChI=1S/C15H17N3O4S3/c1-8-9(2)24-13(12(8)14(19)22-3)18-15(23)17-10-4-6-11(7-5-10)25(16,20)21/h4-7H,1-3H3,(H2,16,20,21)(H2,17,18,23). The van der Waals surface area contributed by atoms with Gasteiger partial charge in [0.2, 0.25) is 10.0 Å². The Kier molecular flexibility index (Phi) is 5.78. The molecular formula is C15H17N3O4S3. The highest BCUT2D eigenvalue weighted by Gasteiger charge is 2.20. The molecule has 1 aromatic carbocycles. The van der Waals surface area contributed by atoms with Crippen LogP contribution in [0.15, 0.2) is 29.2 Å². The second-order valence-electron chi connectivity index (χ2n) is 5.13. The summed E-state index contributed by atoms with van der Waals surface area (Å²) < 4.78 is 27.3. The van der Waals surface area contributed by atoms with Crippen LogP contribution in [0.5, 0.6) is 0 Å². The quantitative estimate of drug-likeness (QED) is 0.535. The maximum atomic E-state index is 12.0. The number of hydrogen-bond acceptors (Lipinski definition) is 6. The van der Waals surface area contributed by atoms with Crippen LogP contribution in [0.3, 0.4) is 0 Å². The molecule has 0 aliphatic carbocycles. The van der Waals surface area contributed by atoms with Gasteiger partial charge in [-0.1, -0.05) is 0 Å². The van der Waals surface area contributed by atoms with Crippen molar-refractivity contribution in [2.45, 2.75) is 18.7 Å². The number of anilines is 2. The number of benzene rings is 1. The van der Waals surface area contributed by atoms with Crippen LogP contribution in [0.1, 0.15) is 20.8 Å². The zero-order valence-corrected chi connectivity index (χ0v) is 16.2. The fourth-order valence-corrected chi connectivity index (χ4v) is 3.91. The van der Waals surface area contributed by atoms with Crippen LogP contribution in [0.4, 0.5) is 10.7 Å². The Balaban J connectivity index is 2.16. The predicted molar refractivity (Wildman–Crippen MR) is 103 cm³/mol. The summed E-state index contributed by atoms with van der Waals surface area (Å²) in [5, 5.41) is 11.8. The van der Waals surface area contributed by atoms with E-state index in [1.165, 1.54) is 30.6 Å². The van der Waals surface area contributed by atoms with Crippen molar-refractivity contribution in [1.29, 1.82) is 0 Å². The zero-order chi connectivity index (χ0) is 18.8. The third-order valence-corrected chi connectivity index (χ3v) is 5.70. The average Bonchev–Trinajstić information content (AvgIpc) is 2.80. The largest absolute Gasteiger partial charge is 0.465 e. The Bertz CT molecular complexity index is 918. The van der Waals surface area contributed by atoms with E-state index in [0.29, 0.717) is 16.3 Å². The normalized spacial score (nSPS) is 11.0. The van der Waals surface area contributed by atoms with Crippen LogP contribution in [0, 0.1) is 13.8 Å². The molecule has 1 aromatic heterocycles. The van der Waals surface area contributed by atoms with E-state index in [2.05, 4.69) is 10.6 Å². The maximum Gasteiger partial charge on any atom is 0.341 e. The molecule has 4 N–H and O–H groups in total. The summed E-state index contributed by atoms with van der Waals surface area (Å²) in [6.45, 7) is 3.74. The minimum absolute atomic E-state index is 0.00871. The Labute approximate surface area is 155 Å². The first-order valence-corrected chi connectivity index (χ1v) is 9.79. The first-order chi connectivity index (χ1) is 11.6. The van der Waals surface area contributed by atoms with E-state index >= 15 is 0 Å². The first kappa shape index (κ1) is 19.3. The summed E-state index contributed by atoms with van der Waals surface area (Å²) in [4.78, 5) is 12.9. The van der Waals surface area contributed by atoms with Gasteiger partial charge in [-0.2, -0.15) is 0 Å². The number of nitrogens with one attached hydrogen (secondary N) is 2. The highest BCUT2D eigenvalue weighted by molar-refractivity contribution is 7.89. The summed E-state index contributed by atoms with van der Waals surface area (Å²) in [7, 11) is -2.42. The number of aryl methyl sites for hydroxylation is 1. The molecule has 0 amide bonds. The second-order valence-corrected chi connectivity index (χ2v) is 8.32. The molecule has 0 saturated carbocycles. The van der Waals surface area contributed by atoms with Gasteiger partial charge in [0.25, 0.3) is 0 Å². The molecule has 1 heterocycles. The van der Waals surface area contributed by atoms with E-state index in [9.17, 15) is 13.2 Å². The molecule has 0 atom stereocenters. The Hall–Kier alpha value is -2.01. The molecule has 0 fully saturated rings. The molecule has 0 unspecified atom stereocenters. The number of nitrogens with two attached hydrogens (primary N) is 1. The molecule has 134 valence electrons. The van der Waals surface area contributed by atoms with Crippen molar-refractivity contribution in [3.63, 3.8) is 0 Å². The number of carbonyl (C=O) groups excluding carboxylic acids is 1. The van der Waals surface area contributed by atoms with E-state index < -0.39 is 16.0 Å². The molecule has 25 heavy (non-hydrogen) atoms. The van der Waals surface area contributed by atoms with Crippen molar-refractivity contribution >= 4 is 55.3 Å². The van der Waals surface area contributed by atoms with Crippen molar-refractivity contribution in [1.82, 2.24) is 0 Å². The third-order valence-electron chi connectivity index (χ3n) is 3.44. The topological polar surface area (TPSA) is 111 Å². The summed E-state index contributed by atoms with van der Waals surface area (Å²) in [5.74, 6) is -0.440. The first-order valence-electron chi connectivity index (χ1n) is 7.02. The fraction of sp³-hybridized carbons (Fsp3) is 0.200. The van der Waals surface area contributed by atoms with Gasteiger partial charge in [-0.05, 0) is 55.9 Å². The third kappa shape index (κ3) is 4.54. The van der Waals surface area contributed by atoms with Crippen LogP contribution in [0.25, 0.3) is 0 Å². The van der Waals surface area contributed by atoms with Crippen molar-refractivity contribution in [2.75, 3.05) is 17.7 Å². The van der Waals surface area contributed by atoms with E-state index in [-0.39, 0.29) is 10.0 Å². The van der Waals surface area contributed by atoms with Crippen LogP contribution in [-0.2, 0) is 14.8 Å². The lowest BCUT2D eigenvalue weighted by atomic mass is 10.1. The van der Waals surface area contributed by atoms with Gasteiger partial charge in [-0.3, -0.25) is 0 Å². The van der Waals surface area contributed by atoms with Crippen LogP contribution < -0.4 is 15.8 Å². The summed E-state index contributed by atoms with van der Waals surface area (Å²) in [6.07, 6.45) is 0. The highest BCUT2D eigenvalue weighted by atomic mass is 32.2. The summed E-state index contributed by atoms with van der Waals surface area (Å²) in [6, 6.07) is 5.83. The number of esters is 1. The Morgan fingerprint density at radius 1 is 1.20 bits per heavy atom. The van der Waals surface area contributed by atoms with E-state index in [0.717, 1.165) is 10.4 Å². The van der Waals surface area contributed by atoms with Crippen molar-refractivity contribution in [2.24, 2.45) is 5.14 Å². The van der Waals surface area contributed by atoms with Crippen molar-refractivity contribution < 1.29 is 17.9 Å². The number of ether oxygens (including phenoxy) is 1. The number of methoxy groups -OCH3 is 1. The van der Waals surface area contributed by atoms with Crippen LogP contribution in [0.2, 0.25) is 0 Å². The molecule has 0 radical (unpaired) electrons. The molecule has 10 heteroatoms. The van der Waals surface area contributed by atoms with E-state index in [1.54, 1.807) is 12.1 Å². The number of primary sulfonamides is 1. The number of thiocarbonyl (C=S) groups is 1. The van der Waals surface area contributed by atoms with Crippen molar-refractivity contribution in [3.8, 4) is 0 Å². The minimum Gasteiger partial charge on any atom is -0.465 e. The lowest BCUT2D eigenvalue weighted by Crippen LogP contribution is -2.20.